The van der Waals surface area contributed by atoms with Crippen molar-refractivity contribution in [1.82, 2.24) is 0 Å². The maximum atomic E-state index is 12.9. The first-order chi connectivity index (χ1) is 10.3. The third-order valence-corrected chi connectivity index (χ3v) is 3.36. The van der Waals surface area contributed by atoms with Gasteiger partial charge >= 0.3 is 0 Å². The lowest BCUT2D eigenvalue weighted by molar-refractivity contribution is 0.628. The summed E-state index contributed by atoms with van der Waals surface area (Å²) in [5.41, 5.74) is 2.23. The van der Waals surface area contributed by atoms with Gasteiger partial charge in [0.2, 0.25) is 0 Å². The molecule has 3 aromatic rings. The molecule has 0 saturated heterocycles. The van der Waals surface area contributed by atoms with Gasteiger partial charge in [-0.25, -0.2) is 4.39 Å². The summed E-state index contributed by atoms with van der Waals surface area (Å²) in [6.07, 6.45) is 1.77. The SMILES string of the molecule is N#C/C(=C/c1ccc(F)cc1)c1ccc2ccccc2c1. The predicted molar refractivity (Wildman–Crippen MR) is 83.8 cm³/mol. The van der Waals surface area contributed by atoms with Gasteiger partial charge in [0.15, 0.2) is 0 Å². The molecule has 0 spiro atoms. The summed E-state index contributed by atoms with van der Waals surface area (Å²) >= 11 is 0. The van der Waals surface area contributed by atoms with E-state index >= 15 is 0 Å². The number of hydrogen-bond donors (Lipinski definition) is 0. The molecule has 0 fully saturated rings. The smallest absolute Gasteiger partial charge is 0.123 e. The van der Waals surface area contributed by atoms with E-state index in [1.807, 2.05) is 42.5 Å². The van der Waals surface area contributed by atoms with Crippen LogP contribution in [-0.4, -0.2) is 0 Å². The van der Waals surface area contributed by atoms with Crippen LogP contribution in [0, 0.1) is 17.1 Å². The highest BCUT2D eigenvalue weighted by Gasteiger charge is 2.03. The lowest BCUT2D eigenvalue weighted by Gasteiger charge is -2.03. The Labute approximate surface area is 122 Å². The maximum absolute atomic E-state index is 12.9. The average molecular weight is 273 g/mol. The molecule has 3 rings (SSSR count). The van der Waals surface area contributed by atoms with Crippen molar-refractivity contribution in [1.29, 1.82) is 5.26 Å². The van der Waals surface area contributed by atoms with E-state index in [0.717, 1.165) is 21.9 Å². The van der Waals surface area contributed by atoms with E-state index in [4.69, 9.17) is 0 Å². The van der Waals surface area contributed by atoms with Gasteiger partial charge in [-0.3, -0.25) is 0 Å². The van der Waals surface area contributed by atoms with Crippen LogP contribution in [0.15, 0.2) is 66.7 Å². The van der Waals surface area contributed by atoms with E-state index < -0.39 is 0 Å². The molecular weight excluding hydrogens is 261 g/mol. The van der Waals surface area contributed by atoms with E-state index in [1.54, 1.807) is 18.2 Å². The minimum absolute atomic E-state index is 0.281. The number of allylic oxidation sites excluding steroid dienone is 1. The Bertz CT molecular complexity index is 855. The molecule has 0 radical (unpaired) electrons. The average Bonchev–Trinajstić information content (AvgIpc) is 2.54. The Hall–Kier alpha value is -2.92. The maximum Gasteiger partial charge on any atom is 0.123 e. The Balaban J connectivity index is 2.05. The third kappa shape index (κ3) is 2.82. The summed E-state index contributed by atoms with van der Waals surface area (Å²) < 4.78 is 12.9. The number of fused-ring (bicyclic) bond motifs is 1. The number of nitriles is 1. The van der Waals surface area contributed by atoms with E-state index in [-0.39, 0.29) is 5.82 Å². The van der Waals surface area contributed by atoms with Crippen molar-refractivity contribution in [3.05, 3.63) is 83.7 Å². The van der Waals surface area contributed by atoms with Crippen LogP contribution in [0.1, 0.15) is 11.1 Å². The van der Waals surface area contributed by atoms with E-state index in [0.29, 0.717) is 5.57 Å². The Morgan fingerprint density at radius 3 is 2.33 bits per heavy atom. The van der Waals surface area contributed by atoms with Crippen LogP contribution < -0.4 is 0 Å². The summed E-state index contributed by atoms with van der Waals surface area (Å²) in [5.74, 6) is -0.281. The van der Waals surface area contributed by atoms with Crippen LogP contribution in [0.5, 0.6) is 0 Å². The fourth-order valence-electron chi connectivity index (χ4n) is 2.26. The summed E-state index contributed by atoms with van der Waals surface area (Å²) in [5, 5.41) is 11.6. The zero-order valence-electron chi connectivity index (χ0n) is 11.3. The first-order valence-electron chi connectivity index (χ1n) is 6.63. The van der Waals surface area contributed by atoms with E-state index in [1.165, 1.54) is 12.1 Å². The molecule has 0 aliphatic heterocycles. The van der Waals surface area contributed by atoms with Crippen LogP contribution in [0.25, 0.3) is 22.4 Å². The summed E-state index contributed by atoms with van der Waals surface area (Å²) in [7, 11) is 0. The van der Waals surface area contributed by atoms with Gasteiger partial charge in [-0.15, -0.1) is 0 Å². The lowest BCUT2D eigenvalue weighted by Crippen LogP contribution is -1.83. The van der Waals surface area contributed by atoms with Gasteiger partial charge in [0.25, 0.3) is 0 Å². The molecule has 1 nitrogen and oxygen atoms in total. The van der Waals surface area contributed by atoms with Gasteiger partial charge in [0, 0.05) is 0 Å². The molecule has 2 heteroatoms. The van der Waals surface area contributed by atoms with Crippen LogP contribution in [0.2, 0.25) is 0 Å². The highest BCUT2D eigenvalue weighted by molar-refractivity contribution is 5.94. The van der Waals surface area contributed by atoms with Crippen molar-refractivity contribution in [3.63, 3.8) is 0 Å². The molecule has 0 aromatic heterocycles. The zero-order valence-corrected chi connectivity index (χ0v) is 11.3. The number of rotatable bonds is 2. The zero-order chi connectivity index (χ0) is 14.7. The second-order valence-electron chi connectivity index (χ2n) is 4.78. The largest absolute Gasteiger partial charge is 0.207 e. The first-order valence-corrected chi connectivity index (χ1v) is 6.63. The molecule has 3 aromatic carbocycles. The van der Waals surface area contributed by atoms with Crippen molar-refractivity contribution in [2.24, 2.45) is 0 Å². The Morgan fingerprint density at radius 2 is 1.62 bits per heavy atom. The van der Waals surface area contributed by atoms with Crippen molar-refractivity contribution < 1.29 is 4.39 Å². The van der Waals surface area contributed by atoms with Crippen LogP contribution in [-0.2, 0) is 0 Å². The number of nitrogens with zero attached hydrogens (tertiary/aromatic N) is 1. The molecule has 0 bridgehead atoms. The minimum atomic E-state index is -0.281. The van der Waals surface area contributed by atoms with Crippen molar-refractivity contribution in [2.45, 2.75) is 0 Å². The molecule has 0 aliphatic carbocycles. The molecule has 0 atom stereocenters. The number of benzene rings is 3. The topological polar surface area (TPSA) is 23.8 Å². The van der Waals surface area contributed by atoms with Crippen molar-refractivity contribution >= 4 is 22.4 Å². The highest BCUT2D eigenvalue weighted by Crippen LogP contribution is 2.22. The minimum Gasteiger partial charge on any atom is -0.207 e. The fraction of sp³-hybridized carbons (Fsp3) is 0. The molecule has 21 heavy (non-hydrogen) atoms. The van der Waals surface area contributed by atoms with Gasteiger partial charge in [-0.1, -0.05) is 48.5 Å². The molecule has 0 saturated carbocycles. The number of halogens is 1. The summed E-state index contributed by atoms with van der Waals surface area (Å²) in [6, 6.07) is 22.3. The van der Waals surface area contributed by atoms with E-state index in [2.05, 4.69) is 6.07 Å². The normalized spacial score (nSPS) is 11.3. The Morgan fingerprint density at radius 1 is 0.905 bits per heavy atom. The molecule has 0 amide bonds. The van der Waals surface area contributed by atoms with E-state index in [9.17, 15) is 9.65 Å². The predicted octanol–water partition coefficient (Wildman–Crippen LogP) is 5.04. The molecule has 0 aliphatic rings. The standard InChI is InChI=1S/C19H12FN/c20-19-9-5-14(6-10-19)11-18(13-21)17-8-7-15-3-1-2-4-16(15)12-17/h1-12H/b18-11-. The fourth-order valence-corrected chi connectivity index (χ4v) is 2.26. The molecular formula is C19H12FN. The van der Waals surface area contributed by atoms with Gasteiger partial charge in [0.05, 0.1) is 11.6 Å². The lowest BCUT2D eigenvalue weighted by atomic mass is 10.0. The second kappa shape index (κ2) is 5.60. The molecule has 0 unspecified atom stereocenters. The summed E-state index contributed by atoms with van der Waals surface area (Å²) in [4.78, 5) is 0. The van der Waals surface area contributed by atoms with Gasteiger partial charge in [-0.05, 0) is 46.2 Å². The van der Waals surface area contributed by atoms with Crippen LogP contribution >= 0.6 is 0 Å². The monoisotopic (exact) mass is 273 g/mol. The first kappa shape index (κ1) is 13.1. The quantitative estimate of drug-likeness (QED) is 0.474. The van der Waals surface area contributed by atoms with Gasteiger partial charge in [-0.2, -0.15) is 5.26 Å². The molecule has 0 N–H and O–H groups in total. The number of hydrogen-bond acceptors (Lipinski definition) is 1. The van der Waals surface area contributed by atoms with Gasteiger partial charge < -0.3 is 0 Å². The van der Waals surface area contributed by atoms with Crippen molar-refractivity contribution in [3.8, 4) is 6.07 Å². The molecule has 0 heterocycles. The highest BCUT2D eigenvalue weighted by atomic mass is 19.1. The van der Waals surface area contributed by atoms with Crippen molar-refractivity contribution in [2.75, 3.05) is 0 Å². The Kier molecular flexibility index (Phi) is 3.49. The van der Waals surface area contributed by atoms with Crippen LogP contribution in [0.3, 0.4) is 0 Å². The third-order valence-electron chi connectivity index (χ3n) is 3.36. The summed E-state index contributed by atoms with van der Waals surface area (Å²) in [6.45, 7) is 0. The second-order valence-corrected chi connectivity index (χ2v) is 4.78. The van der Waals surface area contributed by atoms with Gasteiger partial charge in [0.1, 0.15) is 5.82 Å². The van der Waals surface area contributed by atoms with Crippen LogP contribution in [0.4, 0.5) is 4.39 Å². The molecule has 100 valence electrons.